The lowest BCUT2D eigenvalue weighted by molar-refractivity contribution is 0.0696. The quantitative estimate of drug-likeness (QED) is 0.880. The van der Waals surface area contributed by atoms with Gasteiger partial charge in [-0.05, 0) is 42.8 Å². The van der Waals surface area contributed by atoms with Gasteiger partial charge in [0, 0.05) is 0 Å². The zero-order valence-electron chi connectivity index (χ0n) is 12.5. The Hall–Kier alpha value is -3.15. The van der Waals surface area contributed by atoms with Crippen LogP contribution in [0.25, 0.3) is 0 Å². The lowest BCUT2D eigenvalue weighted by Crippen LogP contribution is -2.29. The normalized spacial score (nSPS) is 13.2. The third kappa shape index (κ3) is 2.24. The minimum atomic E-state index is -1.15. The van der Waals surface area contributed by atoms with Crippen LogP contribution in [0.4, 0.5) is 5.69 Å². The molecule has 2 amide bonds. The summed E-state index contributed by atoms with van der Waals surface area (Å²) in [7, 11) is 1.45. The first-order chi connectivity index (χ1) is 10.9. The van der Waals surface area contributed by atoms with Crippen molar-refractivity contribution in [1.82, 2.24) is 0 Å². The average molecular weight is 311 g/mol. The molecule has 0 aliphatic carbocycles. The molecule has 6 heteroatoms. The molecule has 23 heavy (non-hydrogen) atoms. The first kappa shape index (κ1) is 14.8. The van der Waals surface area contributed by atoms with Crippen molar-refractivity contribution >= 4 is 23.5 Å². The lowest BCUT2D eigenvalue weighted by atomic mass is 10.1. The maximum Gasteiger partial charge on any atom is 0.335 e. The number of fused-ring (bicyclic) bond motifs is 1. The molecule has 3 rings (SSSR count). The first-order valence-corrected chi connectivity index (χ1v) is 6.85. The molecule has 6 nitrogen and oxygen atoms in total. The minimum Gasteiger partial charge on any atom is -0.495 e. The molecule has 1 N–H and O–H groups in total. The maximum absolute atomic E-state index is 12.6. The summed E-state index contributed by atoms with van der Waals surface area (Å²) in [5.74, 6) is -1.81. The van der Waals surface area contributed by atoms with Gasteiger partial charge in [-0.3, -0.25) is 9.59 Å². The number of anilines is 1. The number of hydrogen-bond donors (Lipinski definition) is 1. The van der Waals surface area contributed by atoms with Gasteiger partial charge in [0.25, 0.3) is 11.8 Å². The van der Waals surface area contributed by atoms with Crippen molar-refractivity contribution in [3.63, 3.8) is 0 Å². The number of amides is 2. The third-order valence-electron chi connectivity index (χ3n) is 3.71. The number of ether oxygens (including phenoxy) is 1. The summed E-state index contributed by atoms with van der Waals surface area (Å²) < 4.78 is 5.23. The molecule has 2 aromatic rings. The first-order valence-electron chi connectivity index (χ1n) is 6.85. The summed E-state index contributed by atoms with van der Waals surface area (Å²) in [6, 6.07) is 9.06. The van der Waals surface area contributed by atoms with E-state index in [9.17, 15) is 14.4 Å². The summed E-state index contributed by atoms with van der Waals surface area (Å²) in [5.41, 5.74) is 1.43. The number of imide groups is 1. The molecule has 116 valence electrons. The van der Waals surface area contributed by atoms with Gasteiger partial charge < -0.3 is 9.84 Å². The molecule has 0 saturated heterocycles. The van der Waals surface area contributed by atoms with E-state index >= 15 is 0 Å². The minimum absolute atomic E-state index is 0.0389. The second-order valence-electron chi connectivity index (χ2n) is 5.19. The van der Waals surface area contributed by atoms with E-state index in [0.717, 1.165) is 10.5 Å². The van der Waals surface area contributed by atoms with Crippen LogP contribution in [-0.2, 0) is 0 Å². The number of carboxylic acids is 1. The third-order valence-corrected chi connectivity index (χ3v) is 3.71. The van der Waals surface area contributed by atoms with E-state index in [1.807, 2.05) is 13.0 Å². The Labute approximate surface area is 131 Å². The van der Waals surface area contributed by atoms with Crippen LogP contribution in [0, 0.1) is 6.92 Å². The fourth-order valence-corrected chi connectivity index (χ4v) is 2.57. The molecule has 2 aromatic carbocycles. The van der Waals surface area contributed by atoms with Crippen LogP contribution in [0.1, 0.15) is 36.6 Å². The molecule has 1 aliphatic heterocycles. The van der Waals surface area contributed by atoms with E-state index in [2.05, 4.69) is 0 Å². The predicted octanol–water partition coefficient (Wildman–Crippen LogP) is 2.50. The van der Waals surface area contributed by atoms with Crippen molar-refractivity contribution in [2.24, 2.45) is 0 Å². The predicted molar refractivity (Wildman–Crippen MR) is 82.3 cm³/mol. The molecule has 0 spiro atoms. The Bertz CT molecular complexity index is 856. The molecule has 0 atom stereocenters. The summed E-state index contributed by atoms with van der Waals surface area (Å²) in [6.45, 7) is 1.84. The second kappa shape index (κ2) is 5.24. The highest BCUT2D eigenvalue weighted by Gasteiger charge is 2.38. The van der Waals surface area contributed by atoms with E-state index < -0.39 is 17.8 Å². The highest BCUT2D eigenvalue weighted by molar-refractivity contribution is 6.35. The van der Waals surface area contributed by atoms with Gasteiger partial charge in [-0.2, -0.15) is 0 Å². The van der Waals surface area contributed by atoms with Gasteiger partial charge >= 0.3 is 5.97 Å². The molecule has 1 aliphatic rings. The fourth-order valence-electron chi connectivity index (χ4n) is 2.57. The van der Waals surface area contributed by atoms with Crippen LogP contribution in [0.3, 0.4) is 0 Å². The number of carbonyl (C=O) groups excluding carboxylic acids is 2. The molecular weight excluding hydrogens is 298 g/mol. The monoisotopic (exact) mass is 311 g/mol. The van der Waals surface area contributed by atoms with Gasteiger partial charge in [-0.25, -0.2) is 9.69 Å². The number of rotatable bonds is 3. The number of benzene rings is 2. The molecule has 0 unspecified atom stereocenters. The average Bonchev–Trinajstić information content (AvgIpc) is 2.78. The number of hydrogen-bond acceptors (Lipinski definition) is 4. The van der Waals surface area contributed by atoms with Gasteiger partial charge in [-0.1, -0.05) is 6.07 Å². The van der Waals surface area contributed by atoms with E-state index in [0.29, 0.717) is 11.4 Å². The topological polar surface area (TPSA) is 83.9 Å². The zero-order valence-corrected chi connectivity index (χ0v) is 12.5. The van der Waals surface area contributed by atoms with E-state index in [4.69, 9.17) is 9.84 Å². The Morgan fingerprint density at radius 2 is 1.74 bits per heavy atom. The zero-order chi connectivity index (χ0) is 16.7. The summed E-state index contributed by atoms with van der Waals surface area (Å²) in [5, 5.41) is 9.04. The number of nitrogens with zero attached hydrogens (tertiary/aromatic N) is 1. The molecule has 0 fully saturated rings. The standard InChI is InChI=1S/C17H13NO5/c1-9-3-6-14(23-2)13(7-9)18-15(19)11-5-4-10(17(21)22)8-12(11)16(18)20/h3-8H,1-2H3,(H,21,22). The van der Waals surface area contributed by atoms with Crippen LogP contribution >= 0.6 is 0 Å². The number of aryl methyl sites for hydroxylation is 1. The van der Waals surface area contributed by atoms with Crippen molar-refractivity contribution in [3.05, 3.63) is 58.7 Å². The highest BCUT2D eigenvalue weighted by Crippen LogP contribution is 2.35. The van der Waals surface area contributed by atoms with Crippen molar-refractivity contribution < 1.29 is 24.2 Å². The van der Waals surface area contributed by atoms with Crippen LogP contribution in [0.15, 0.2) is 36.4 Å². The molecule has 1 heterocycles. The highest BCUT2D eigenvalue weighted by atomic mass is 16.5. The van der Waals surface area contributed by atoms with Crippen LogP contribution in [0.5, 0.6) is 5.75 Å². The van der Waals surface area contributed by atoms with Gasteiger partial charge in [0.1, 0.15) is 5.75 Å². The van der Waals surface area contributed by atoms with Gasteiger partial charge in [0.15, 0.2) is 0 Å². The van der Waals surface area contributed by atoms with Gasteiger partial charge in [0.05, 0.1) is 29.5 Å². The number of aromatic carboxylic acids is 1. The Balaban J connectivity index is 2.14. The summed E-state index contributed by atoms with van der Waals surface area (Å²) >= 11 is 0. The molecule has 0 bridgehead atoms. The Kier molecular flexibility index (Phi) is 3.37. The van der Waals surface area contributed by atoms with Crippen molar-refractivity contribution in [3.8, 4) is 5.75 Å². The number of methoxy groups -OCH3 is 1. The number of carboxylic acid groups (broad SMARTS) is 1. The van der Waals surface area contributed by atoms with Crippen LogP contribution < -0.4 is 9.64 Å². The van der Waals surface area contributed by atoms with Crippen molar-refractivity contribution in [2.75, 3.05) is 12.0 Å². The molecule has 0 saturated carbocycles. The number of carbonyl (C=O) groups is 3. The smallest absolute Gasteiger partial charge is 0.335 e. The van der Waals surface area contributed by atoms with E-state index in [-0.39, 0.29) is 16.7 Å². The van der Waals surface area contributed by atoms with Gasteiger partial charge in [0.2, 0.25) is 0 Å². The second-order valence-corrected chi connectivity index (χ2v) is 5.19. The van der Waals surface area contributed by atoms with Crippen LogP contribution in [0.2, 0.25) is 0 Å². The molecule has 0 radical (unpaired) electrons. The van der Waals surface area contributed by atoms with E-state index in [1.165, 1.54) is 25.3 Å². The Morgan fingerprint density at radius 3 is 2.39 bits per heavy atom. The Morgan fingerprint density at radius 1 is 1.04 bits per heavy atom. The van der Waals surface area contributed by atoms with Gasteiger partial charge in [-0.15, -0.1) is 0 Å². The molecular formula is C17H13NO5. The molecule has 0 aromatic heterocycles. The SMILES string of the molecule is COc1ccc(C)cc1N1C(=O)c2ccc(C(=O)O)cc2C1=O. The van der Waals surface area contributed by atoms with E-state index in [1.54, 1.807) is 12.1 Å². The summed E-state index contributed by atoms with van der Waals surface area (Å²) in [4.78, 5) is 37.3. The summed E-state index contributed by atoms with van der Waals surface area (Å²) in [6.07, 6.45) is 0. The maximum atomic E-state index is 12.6. The fraction of sp³-hybridized carbons (Fsp3) is 0.118. The lowest BCUT2D eigenvalue weighted by Gasteiger charge is -2.17. The van der Waals surface area contributed by atoms with Crippen LogP contribution in [-0.4, -0.2) is 30.0 Å². The largest absolute Gasteiger partial charge is 0.495 e. The van der Waals surface area contributed by atoms with Crippen molar-refractivity contribution in [1.29, 1.82) is 0 Å². The van der Waals surface area contributed by atoms with Crippen molar-refractivity contribution in [2.45, 2.75) is 6.92 Å².